The zero-order valence-electron chi connectivity index (χ0n) is 10.8. The molecule has 2 aliphatic rings. The molecule has 2 atom stereocenters. The summed E-state index contributed by atoms with van der Waals surface area (Å²) in [5, 5.41) is 4.79. The predicted octanol–water partition coefficient (Wildman–Crippen LogP) is 3.67. The third-order valence-electron chi connectivity index (χ3n) is 3.85. The first-order valence-electron chi connectivity index (χ1n) is 6.86. The lowest BCUT2D eigenvalue weighted by atomic mass is 10.1. The van der Waals surface area contributed by atoms with Crippen LogP contribution in [0.15, 0.2) is 17.1 Å². The summed E-state index contributed by atoms with van der Waals surface area (Å²) >= 11 is 3.81. The van der Waals surface area contributed by atoms with Crippen LogP contribution in [-0.2, 0) is 13.0 Å². The van der Waals surface area contributed by atoms with E-state index in [1.54, 1.807) is 0 Å². The minimum absolute atomic E-state index is 0.708. The molecule has 98 valence electrons. The number of nitrogens with zero attached hydrogens (tertiary/aromatic N) is 1. The third-order valence-corrected chi connectivity index (χ3v) is 6.18. The minimum Gasteiger partial charge on any atom is -0.362 e. The van der Waals surface area contributed by atoms with E-state index in [1.165, 1.54) is 39.9 Å². The minimum atomic E-state index is 0.708. The molecule has 2 unspecified atom stereocenters. The number of thiophene rings is 1. The fraction of sp³-hybridized carbons (Fsp3) is 0.643. The Morgan fingerprint density at radius 1 is 1.33 bits per heavy atom. The monoisotopic (exact) mass is 280 g/mol. The number of nitrogens with one attached hydrogen (secondary N) is 1. The van der Waals surface area contributed by atoms with E-state index in [2.05, 4.69) is 24.4 Å². The molecule has 1 saturated heterocycles. The van der Waals surface area contributed by atoms with Crippen molar-refractivity contribution in [2.24, 2.45) is 10.9 Å². The van der Waals surface area contributed by atoms with Crippen LogP contribution in [-0.4, -0.2) is 17.0 Å². The van der Waals surface area contributed by atoms with Gasteiger partial charge in [-0.25, -0.2) is 0 Å². The van der Waals surface area contributed by atoms with Crippen LogP contribution in [0.4, 0.5) is 0 Å². The Hall–Kier alpha value is -0.480. The zero-order chi connectivity index (χ0) is 12.4. The van der Waals surface area contributed by atoms with Gasteiger partial charge in [0.2, 0.25) is 0 Å². The van der Waals surface area contributed by atoms with E-state index in [9.17, 15) is 0 Å². The molecule has 1 aliphatic carbocycles. The first-order chi connectivity index (χ1) is 8.85. The highest BCUT2D eigenvalue weighted by Crippen LogP contribution is 2.33. The Balaban J connectivity index is 1.59. The molecule has 0 radical (unpaired) electrons. The maximum absolute atomic E-state index is 4.74. The lowest BCUT2D eigenvalue weighted by molar-refractivity contribution is 0.490. The van der Waals surface area contributed by atoms with E-state index in [4.69, 9.17) is 4.99 Å². The van der Waals surface area contributed by atoms with E-state index in [-0.39, 0.29) is 0 Å². The number of aliphatic imine (C=N–C) groups is 1. The van der Waals surface area contributed by atoms with Gasteiger partial charge in [-0.2, -0.15) is 0 Å². The SMILES string of the molecule is CCc1ccc(CN=C2NC3CCCC3CS2)s1. The largest absolute Gasteiger partial charge is 0.362 e. The molecule has 3 rings (SSSR count). The Kier molecular flexibility index (Phi) is 3.94. The van der Waals surface area contributed by atoms with Crippen molar-refractivity contribution >= 4 is 28.3 Å². The van der Waals surface area contributed by atoms with Gasteiger partial charge in [0.25, 0.3) is 0 Å². The highest BCUT2D eigenvalue weighted by molar-refractivity contribution is 8.13. The maximum atomic E-state index is 4.74. The molecule has 2 heterocycles. The van der Waals surface area contributed by atoms with Crippen molar-refractivity contribution in [2.75, 3.05) is 5.75 Å². The second-order valence-electron chi connectivity index (χ2n) is 5.10. The lowest BCUT2D eigenvalue weighted by Gasteiger charge is -2.27. The zero-order valence-corrected chi connectivity index (χ0v) is 12.4. The summed E-state index contributed by atoms with van der Waals surface area (Å²) in [7, 11) is 0. The van der Waals surface area contributed by atoms with Crippen LogP contribution in [0.5, 0.6) is 0 Å². The van der Waals surface area contributed by atoms with E-state index in [0.29, 0.717) is 6.04 Å². The van der Waals surface area contributed by atoms with Gasteiger partial charge < -0.3 is 5.32 Å². The Morgan fingerprint density at radius 2 is 2.22 bits per heavy atom. The molecule has 0 amide bonds. The summed E-state index contributed by atoms with van der Waals surface area (Å²) in [5.74, 6) is 2.16. The second-order valence-corrected chi connectivity index (χ2v) is 7.36. The molecule has 1 aliphatic heterocycles. The van der Waals surface area contributed by atoms with Crippen LogP contribution in [0, 0.1) is 5.92 Å². The summed E-state index contributed by atoms with van der Waals surface area (Å²) < 4.78 is 0. The predicted molar refractivity (Wildman–Crippen MR) is 81.6 cm³/mol. The maximum Gasteiger partial charge on any atom is 0.157 e. The molecule has 1 saturated carbocycles. The number of amidine groups is 1. The Bertz CT molecular complexity index is 439. The first kappa shape index (κ1) is 12.5. The smallest absolute Gasteiger partial charge is 0.157 e. The van der Waals surface area contributed by atoms with E-state index >= 15 is 0 Å². The molecule has 1 aromatic rings. The average Bonchev–Trinajstić information content (AvgIpc) is 3.04. The second kappa shape index (κ2) is 5.66. The number of thioether (sulfide) groups is 1. The fourth-order valence-corrected chi connectivity index (χ4v) is 4.79. The van der Waals surface area contributed by atoms with Crippen LogP contribution >= 0.6 is 23.1 Å². The number of hydrogen-bond donors (Lipinski definition) is 1. The summed E-state index contributed by atoms with van der Waals surface area (Å²) in [5.41, 5.74) is 0. The van der Waals surface area contributed by atoms with Gasteiger partial charge in [-0.05, 0) is 37.3 Å². The van der Waals surface area contributed by atoms with Crippen LogP contribution in [0.2, 0.25) is 0 Å². The molecular weight excluding hydrogens is 260 g/mol. The van der Waals surface area contributed by atoms with Gasteiger partial charge in [-0.3, -0.25) is 4.99 Å². The number of rotatable bonds is 3. The summed E-state index contributed by atoms with van der Waals surface area (Å²) in [6, 6.07) is 5.16. The van der Waals surface area contributed by atoms with Crippen molar-refractivity contribution in [1.82, 2.24) is 5.32 Å². The van der Waals surface area contributed by atoms with Crippen LogP contribution in [0.25, 0.3) is 0 Å². The van der Waals surface area contributed by atoms with Crippen LogP contribution < -0.4 is 5.32 Å². The highest BCUT2D eigenvalue weighted by atomic mass is 32.2. The quantitative estimate of drug-likeness (QED) is 0.913. The van der Waals surface area contributed by atoms with Crippen molar-refractivity contribution in [3.05, 3.63) is 21.9 Å². The Labute approximate surface area is 117 Å². The number of hydrogen-bond acceptors (Lipinski definition) is 3. The molecule has 18 heavy (non-hydrogen) atoms. The first-order valence-corrected chi connectivity index (χ1v) is 8.66. The van der Waals surface area contributed by atoms with Crippen molar-refractivity contribution in [1.29, 1.82) is 0 Å². The van der Waals surface area contributed by atoms with Gasteiger partial charge in [0.15, 0.2) is 5.17 Å². The summed E-state index contributed by atoms with van der Waals surface area (Å²) in [6.45, 7) is 3.05. The molecule has 2 nitrogen and oxygen atoms in total. The molecule has 4 heteroatoms. The highest BCUT2D eigenvalue weighted by Gasteiger charge is 2.31. The van der Waals surface area contributed by atoms with Crippen LogP contribution in [0.3, 0.4) is 0 Å². The number of fused-ring (bicyclic) bond motifs is 1. The molecule has 0 bridgehead atoms. The average molecular weight is 280 g/mol. The van der Waals surface area contributed by atoms with Gasteiger partial charge >= 0.3 is 0 Å². The molecule has 0 spiro atoms. The van der Waals surface area contributed by atoms with E-state index < -0.39 is 0 Å². The molecule has 2 fully saturated rings. The standard InChI is InChI=1S/C14H20N2S2/c1-2-11-6-7-12(18-11)8-15-14-16-13-5-3-4-10(13)9-17-14/h6-7,10,13H,2-5,8-9H2,1H3,(H,15,16). The summed E-state index contributed by atoms with van der Waals surface area (Å²) in [4.78, 5) is 7.59. The van der Waals surface area contributed by atoms with Crippen molar-refractivity contribution in [3.8, 4) is 0 Å². The fourth-order valence-electron chi connectivity index (χ4n) is 2.75. The van der Waals surface area contributed by atoms with Gasteiger partial charge in [0.1, 0.15) is 0 Å². The lowest BCUT2D eigenvalue weighted by Crippen LogP contribution is -2.41. The number of aryl methyl sites for hydroxylation is 1. The van der Waals surface area contributed by atoms with Crippen molar-refractivity contribution in [2.45, 2.75) is 45.2 Å². The normalized spacial score (nSPS) is 29.3. The van der Waals surface area contributed by atoms with Crippen LogP contribution in [0.1, 0.15) is 35.9 Å². The molecule has 0 aromatic carbocycles. The Morgan fingerprint density at radius 3 is 3.06 bits per heavy atom. The van der Waals surface area contributed by atoms with Gasteiger partial charge in [-0.1, -0.05) is 25.1 Å². The molecule has 1 aromatic heterocycles. The third kappa shape index (κ3) is 2.75. The molecule has 1 N–H and O–H groups in total. The van der Waals surface area contributed by atoms with E-state index in [0.717, 1.165) is 18.9 Å². The van der Waals surface area contributed by atoms with Crippen molar-refractivity contribution < 1.29 is 0 Å². The van der Waals surface area contributed by atoms with Gasteiger partial charge in [0.05, 0.1) is 6.54 Å². The van der Waals surface area contributed by atoms with Gasteiger partial charge in [0, 0.05) is 21.5 Å². The van der Waals surface area contributed by atoms with Crippen molar-refractivity contribution in [3.63, 3.8) is 0 Å². The van der Waals surface area contributed by atoms with Gasteiger partial charge in [-0.15, -0.1) is 11.3 Å². The molecular formula is C14H20N2S2. The topological polar surface area (TPSA) is 24.4 Å². The van der Waals surface area contributed by atoms with E-state index in [1.807, 2.05) is 23.1 Å². The summed E-state index contributed by atoms with van der Waals surface area (Å²) in [6.07, 6.45) is 5.27.